The minimum atomic E-state index is 0.874. The highest BCUT2D eigenvalue weighted by atomic mass is 15.3. The van der Waals surface area contributed by atoms with Crippen molar-refractivity contribution >= 4 is 28.1 Å². The molecule has 0 unspecified atom stereocenters. The summed E-state index contributed by atoms with van der Waals surface area (Å²) in [5.41, 5.74) is 13.0. The first-order chi connectivity index (χ1) is 22.9. The van der Waals surface area contributed by atoms with Crippen LogP contribution in [0.5, 0.6) is 0 Å². The van der Waals surface area contributed by atoms with E-state index in [9.17, 15) is 0 Å². The molecule has 0 saturated heterocycles. The molecule has 6 aromatic carbocycles. The van der Waals surface area contributed by atoms with Crippen LogP contribution < -0.4 is 4.90 Å². The molecule has 46 heavy (non-hydrogen) atoms. The van der Waals surface area contributed by atoms with Crippen LogP contribution in [0.3, 0.4) is 0 Å². The summed E-state index contributed by atoms with van der Waals surface area (Å²) in [5.74, 6) is 1.93. The standard InChI is InChI=1S/C43H29N3/c1-3-14-30(15-4-1)31-25-27-33(28-26-31)45(32-16-5-2-6-17-32)43-42-38-21-10-9-20-36(38)34-18-7-8-19-35(34)37-22-13-23-39(41(37)42)46(43)40-24-11-12-29-44-40/h1-29H. The molecule has 3 heteroatoms. The van der Waals surface area contributed by atoms with Crippen molar-refractivity contribution in [2.45, 2.75) is 0 Å². The van der Waals surface area contributed by atoms with E-state index >= 15 is 0 Å². The van der Waals surface area contributed by atoms with Gasteiger partial charge in [-0.15, -0.1) is 0 Å². The summed E-state index contributed by atoms with van der Waals surface area (Å²) in [5, 5.41) is 1.22. The zero-order chi connectivity index (χ0) is 30.5. The molecule has 3 nitrogen and oxygen atoms in total. The summed E-state index contributed by atoms with van der Waals surface area (Å²) >= 11 is 0. The smallest absolute Gasteiger partial charge is 0.138 e. The Bertz CT molecular complexity index is 2340. The lowest BCUT2D eigenvalue weighted by Crippen LogP contribution is -2.15. The third kappa shape index (κ3) is 4.10. The Labute approximate surface area is 268 Å². The molecular formula is C43H29N3. The lowest BCUT2D eigenvalue weighted by Gasteiger charge is -2.28. The van der Waals surface area contributed by atoms with Crippen molar-refractivity contribution in [1.29, 1.82) is 0 Å². The van der Waals surface area contributed by atoms with Crippen LogP contribution in [0.4, 0.5) is 17.2 Å². The van der Waals surface area contributed by atoms with Gasteiger partial charge in [-0.2, -0.15) is 0 Å². The van der Waals surface area contributed by atoms with Crippen LogP contribution in [0.1, 0.15) is 0 Å². The number of para-hydroxylation sites is 1. The molecule has 0 spiro atoms. The largest absolute Gasteiger partial charge is 0.296 e. The van der Waals surface area contributed by atoms with E-state index in [1.807, 2.05) is 12.3 Å². The molecule has 2 heterocycles. The predicted molar refractivity (Wildman–Crippen MR) is 191 cm³/mol. The summed E-state index contributed by atoms with van der Waals surface area (Å²) in [6.45, 7) is 0. The molecule has 0 atom stereocenters. The van der Waals surface area contributed by atoms with Crippen LogP contribution >= 0.6 is 0 Å². The number of hydrogen-bond donors (Lipinski definition) is 0. The lowest BCUT2D eigenvalue weighted by atomic mass is 9.94. The summed E-state index contributed by atoms with van der Waals surface area (Å²) in [6.07, 6.45) is 1.88. The fraction of sp³-hybridized carbons (Fsp3) is 0. The zero-order valence-corrected chi connectivity index (χ0v) is 25.1. The first-order valence-corrected chi connectivity index (χ1v) is 15.7. The molecule has 0 amide bonds. The number of anilines is 3. The van der Waals surface area contributed by atoms with Gasteiger partial charge in [-0.05, 0) is 81.4 Å². The molecule has 0 N–H and O–H groups in total. The van der Waals surface area contributed by atoms with Gasteiger partial charge in [0.05, 0.1) is 5.52 Å². The predicted octanol–water partition coefficient (Wildman–Crippen LogP) is 11.5. The highest BCUT2D eigenvalue weighted by Crippen LogP contribution is 2.55. The highest BCUT2D eigenvalue weighted by Gasteiger charge is 2.32. The fourth-order valence-electron chi connectivity index (χ4n) is 7.03. The molecule has 0 aliphatic heterocycles. The van der Waals surface area contributed by atoms with Crippen LogP contribution in [0.15, 0.2) is 176 Å². The zero-order valence-electron chi connectivity index (χ0n) is 25.1. The van der Waals surface area contributed by atoms with Gasteiger partial charge in [0.1, 0.15) is 11.6 Å². The van der Waals surface area contributed by atoms with Gasteiger partial charge in [-0.1, -0.05) is 127 Å². The van der Waals surface area contributed by atoms with Gasteiger partial charge < -0.3 is 0 Å². The van der Waals surface area contributed by atoms with Crippen LogP contribution in [-0.2, 0) is 0 Å². The minimum absolute atomic E-state index is 0.874. The van der Waals surface area contributed by atoms with Gasteiger partial charge in [0.2, 0.25) is 0 Å². The fourth-order valence-corrected chi connectivity index (χ4v) is 7.03. The average molecular weight is 588 g/mol. The molecule has 0 bridgehead atoms. The SMILES string of the molecule is c1ccc(-c2ccc(N(c3ccccc3)c3c4c5c(cccc5n3-c3ccccn3)-c3ccccc3-c3ccccc3-4)cc2)cc1. The second-order valence-corrected chi connectivity index (χ2v) is 11.6. The monoisotopic (exact) mass is 587 g/mol. The van der Waals surface area contributed by atoms with Crippen molar-refractivity contribution in [3.8, 4) is 50.3 Å². The Balaban J connectivity index is 1.43. The van der Waals surface area contributed by atoms with E-state index < -0.39 is 0 Å². The van der Waals surface area contributed by atoms with Crippen molar-refractivity contribution in [1.82, 2.24) is 9.55 Å². The van der Waals surface area contributed by atoms with Crippen molar-refractivity contribution in [2.75, 3.05) is 4.90 Å². The Kier molecular flexibility index (Phi) is 6.14. The lowest BCUT2D eigenvalue weighted by molar-refractivity contribution is 1.02. The van der Waals surface area contributed by atoms with Gasteiger partial charge in [0.25, 0.3) is 0 Å². The highest BCUT2D eigenvalue weighted by molar-refractivity contribution is 6.18. The summed E-state index contributed by atoms with van der Waals surface area (Å²) in [4.78, 5) is 7.34. The summed E-state index contributed by atoms with van der Waals surface area (Å²) in [6, 6.07) is 60.6. The molecule has 216 valence electrons. The summed E-state index contributed by atoms with van der Waals surface area (Å²) < 4.78 is 2.34. The number of fused-ring (bicyclic) bond motifs is 5. The molecule has 8 aromatic rings. The topological polar surface area (TPSA) is 21.1 Å². The number of pyridine rings is 1. The summed E-state index contributed by atoms with van der Waals surface area (Å²) in [7, 11) is 0. The minimum Gasteiger partial charge on any atom is -0.296 e. The molecule has 0 saturated carbocycles. The van der Waals surface area contributed by atoms with E-state index in [4.69, 9.17) is 4.98 Å². The first kappa shape index (κ1) is 26.2. The Morgan fingerprint density at radius 3 is 1.65 bits per heavy atom. The van der Waals surface area contributed by atoms with Gasteiger partial charge >= 0.3 is 0 Å². The maximum absolute atomic E-state index is 4.94. The van der Waals surface area contributed by atoms with E-state index in [2.05, 4.69) is 173 Å². The van der Waals surface area contributed by atoms with E-state index in [-0.39, 0.29) is 0 Å². The molecule has 1 aliphatic carbocycles. The van der Waals surface area contributed by atoms with E-state index in [1.54, 1.807) is 0 Å². The van der Waals surface area contributed by atoms with Crippen molar-refractivity contribution < 1.29 is 0 Å². The van der Waals surface area contributed by atoms with Crippen molar-refractivity contribution in [3.63, 3.8) is 0 Å². The van der Waals surface area contributed by atoms with Gasteiger partial charge in [0.15, 0.2) is 0 Å². The van der Waals surface area contributed by atoms with Crippen molar-refractivity contribution in [2.24, 2.45) is 0 Å². The average Bonchev–Trinajstić information content (AvgIpc) is 3.41. The van der Waals surface area contributed by atoms with Crippen LogP contribution in [0.25, 0.3) is 61.2 Å². The number of nitrogens with zero attached hydrogens (tertiary/aromatic N) is 3. The maximum Gasteiger partial charge on any atom is 0.138 e. The van der Waals surface area contributed by atoms with E-state index in [0.29, 0.717) is 0 Å². The maximum atomic E-state index is 4.94. The first-order valence-electron chi connectivity index (χ1n) is 15.7. The molecule has 9 rings (SSSR count). The Morgan fingerprint density at radius 1 is 0.413 bits per heavy atom. The quantitative estimate of drug-likeness (QED) is 0.200. The number of rotatable bonds is 5. The third-order valence-corrected chi connectivity index (χ3v) is 9.01. The second kappa shape index (κ2) is 10.8. The molecule has 2 aromatic heterocycles. The normalized spacial score (nSPS) is 11.5. The molecular weight excluding hydrogens is 558 g/mol. The van der Waals surface area contributed by atoms with Crippen molar-refractivity contribution in [3.05, 3.63) is 176 Å². The van der Waals surface area contributed by atoms with Gasteiger partial charge in [-0.25, -0.2) is 4.98 Å². The van der Waals surface area contributed by atoms with Crippen LogP contribution in [-0.4, -0.2) is 9.55 Å². The second-order valence-electron chi connectivity index (χ2n) is 11.6. The molecule has 0 radical (unpaired) electrons. The number of aromatic nitrogens is 2. The third-order valence-electron chi connectivity index (χ3n) is 9.01. The molecule has 0 fully saturated rings. The number of hydrogen-bond acceptors (Lipinski definition) is 2. The van der Waals surface area contributed by atoms with E-state index in [1.165, 1.54) is 49.9 Å². The van der Waals surface area contributed by atoms with Crippen LogP contribution in [0.2, 0.25) is 0 Å². The van der Waals surface area contributed by atoms with Gasteiger partial charge in [0, 0.05) is 28.5 Å². The Morgan fingerprint density at radius 2 is 0.957 bits per heavy atom. The van der Waals surface area contributed by atoms with E-state index in [0.717, 1.165) is 28.5 Å². The van der Waals surface area contributed by atoms with Gasteiger partial charge in [-0.3, -0.25) is 9.47 Å². The Hall–Kier alpha value is -6.19. The van der Waals surface area contributed by atoms with Crippen LogP contribution in [0, 0.1) is 0 Å². The molecule has 1 aliphatic rings. The number of benzene rings is 6.